The smallest absolute Gasteiger partial charge is 0.411 e. The number of hydrogen-bond donors (Lipinski definition) is 0. The molecule has 0 aromatic rings. The molecule has 0 aromatic carbocycles. The van der Waals surface area contributed by atoms with Crippen LogP contribution in [0.4, 0.5) is 0 Å². The number of hydrogen-bond acceptors (Lipinski definition) is 9. The highest BCUT2D eigenvalue weighted by Crippen LogP contribution is 2.05. The maximum atomic E-state index is 11.3. The van der Waals surface area contributed by atoms with E-state index in [-0.39, 0.29) is 11.1 Å². The zero-order valence-corrected chi connectivity index (χ0v) is 12.5. The second-order valence-electron chi connectivity index (χ2n) is 4.00. The number of ether oxygens (including phenoxy) is 2. The van der Waals surface area contributed by atoms with Gasteiger partial charge in [0.1, 0.15) is 0 Å². The number of rotatable bonds is 8. The third kappa shape index (κ3) is 7.39. The molecule has 0 saturated heterocycles. The molecule has 0 saturated carbocycles. The quantitative estimate of drug-likeness (QED) is 0.213. The first-order chi connectivity index (χ1) is 10.6. The molecule has 0 spiro atoms. The standard InChI is InChI=1S/C14H14O9/c1-7(2)11(15)19-9(5)13(17)21-23-22-14(18)10(6)20-12(16)8(3)4/h1,3,5-6H2,2,4H3. The van der Waals surface area contributed by atoms with Gasteiger partial charge in [0.05, 0.1) is 0 Å². The third-order valence-electron chi connectivity index (χ3n) is 1.80. The van der Waals surface area contributed by atoms with E-state index in [0.29, 0.717) is 0 Å². The molecule has 0 unspecified atom stereocenters. The summed E-state index contributed by atoms with van der Waals surface area (Å²) in [6.07, 6.45) is 0. The van der Waals surface area contributed by atoms with Gasteiger partial charge < -0.3 is 9.47 Å². The first-order valence-electron chi connectivity index (χ1n) is 5.79. The predicted octanol–water partition coefficient (Wildman–Crippen LogP) is 1.19. The van der Waals surface area contributed by atoms with Crippen molar-refractivity contribution in [2.24, 2.45) is 0 Å². The minimum absolute atomic E-state index is 0.0157. The van der Waals surface area contributed by atoms with Crippen LogP contribution in [0.25, 0.3) is 0 Å². The van der Waals surface area contributed by atoms with Crippen LogP contribution in [0.1, 0.15) is 13.8 Å². The van der Waals surface area contributed by atoms with Crippen molar-refractivity contribution in [2.45, 2.75) is 13.8 Å². The molecule has 23 heavy (non-hydrogen) atoms. The molecule has 0 heterocycles. The predicted molar refractivity (Wildman–Crippen MR) is 73.4 cm³/mol. The molecule has 0 aliphatic carbocycles. The molecular weight excluding hydrogens is 312 g/mol. The highest BCUT2D eigenvalue weighted by atomic mass is 17.5. The molecular formula is C14H14O9. The van der Waals surface area contributed by atoms with Crippen molar-refractivity contribution in [2.75, 3.05) is 0 Å². The third-order valence-corrected chi connectivity index (χ3v) is 1.80. The Bertz CT molecular complexity index is 545. The maximum Gasteiger partial charge on any atom is 0.411 e. The normalized spacial score (nSPS) is 9.13. The zero-order chi connectivity index (χ0) is 18.2. The Morgan fingerprint density at radius 3 is 1.17 bits per heavy atom. The maximum absolute atomic E-state index is 11.3. The van der Waals surface area contributed by atoms with Gasteiger partial charge in [0.15, 0.2) is 0 Å². The lowest BCUT2D eigenvalue weighted by atomic mass is 10.4. The van der Waals surface area contributed by atoms with E-state index in [1.54, 1.807) is 0 Å². The minimum Gasteiger partial charge on any atom is -0.416 e. The Balaban J connectivity index is 4.24. The van der Waals surface area contributed by atoms with Crippen LogP contribution in [0, 0.1) is 0 Å². The van der Waals surface area contributed by atoms with Crippen LogP contribution in [0.5, 0.6) is 0 Å². The van der Waals surface area contributed by atoms with Gasteiger partial charge in [-0.05, 0) is 27.0 Å². The molecule has 0 bridgehead atoms. The van der Waals surface area contributed by atoms with Gasteiger partial charge in [-0.25, -0.2) is 19.2 Å². The Morgan fingerprint density at radius 2 is 0.913 bits per heavy atom. The number of esters is 2. The van der Waals surface area contributed by atoms with Crippen LogP contribution in [0.15, 0.2) is 49.0 Å². The summed E-state index contributed by atoms with van der Waals surface area (Å²) in [4.78, 5) is 52.7. The molecule has 9 nitrogen and oxygen atoms in total. The molecule has 0 atom stereocenters. The molecule has 0 amide bonds. The van der Waals surface area contributed by atoms with E-state index in [4.69, 9.17) is 0 Å². The molecule has 0 aliphatic heterocycles. The van der Waals surface area contributed by atoms with Gasteiger partial charge in [0.25, 0.3) is 0 Å². The van der Waals surface area contributed by atoms with E-state index in [1.165, 1.54) is 13.8 Å². The van der Waals surface area contributed by atoms with Crippen molar-refractivity contribution in [3.05, 3.63) is 49.0 Å². The summed E-state index contributed by atoms with van der Waals surface area (Å²) in [5, 5.41) is 3.84. The van der Waals surface area contributed by atoms with E-state index in [1.807, 2.05) is 0 Å². The van der Waals surface area contributed by atoms with Crippen LogP contribution in [-0.4, -0.2) is 23.9 Å². The second-order valence-corrected chi connectivity index (χ2v) is 4.00. The lowest BCUT2D eigenvalue weighted by molar-refractivity contribution is -0.457. The fraction of sp³-hybridized carbons (Fsp3) is 0.143. The summed E-state index contributed by atoms with van der Waals surface area (Å²) in [6, 6.07) is 0. The molecule has 0 aliphatic rings. The van der Waals surface area contributed by atoms with Gasteiger partial charge in [-0.3, -0.25) is 9.78 Å². The Labute approximate surface area is 131 Å². The highest BCUT2D eigenvalue weighted by Gasteiger charge is 2.20. The lowest BCUT2D eigenvalue weighted by Gasteiger charge is -2.06. The van der Waals surface area contributed by atoms with Crippen LogP contribution in [0.3, 0.4) is 0 Å². The number of carbonyl (C=O) groups is 4. The topological polar surface area (TPSA) is 114 Å². The SMILES string of the molecule is C=C(C)C(=O)OC(=C)C(=O)OOOC(=O)C(=C)OC(=O)C(=C)C. The van der Waals surface area contributed by atoms with Crippen molar-refractivity contribution < 1.29 is 43.5 Å². The van der Waals surface area contributed by atoms with Gasteiger partial charge in [-0.15, -0.1) is 0 Å². The Kier molecular flexibility index (Phi) is 7.70. The van der Waals surface area contributed by atoms with Gasteiger partial charge in [0, 0.05) is 16.2 Å². The van der Waals surface area contributed by atoms with Crippen molar-refractivity contribution in [3.8, 4) is 0 Å². The summed E-state index contributed by atoms with van der Waals surface area (Å²) in [5.74, 6) is -6.00. The van der Waals surface area contributed by atoms with Crippen molar-refractivity contribution >= 4 is 23.9 Å². The van der Waals surface area contributed by atoms with Gasteiger partial charge in [-0.2, -0.15) is 0 Å². The van der Waals surface area contributed by atoms with E-state index in [0.717, 1.165) is 0 Å². The van der Waals surface area contributed by atoms with Crippen LogP contribution < -0.4 is 0 Å². The Hall–Kier alpha value is -3.20. The number of carbonyl (C=O) groups excluding carboxylic acids is 4. The van der Waals surface area contributed by atoms with Crippen molar-refractivity contribution in [3.63, 3.8) is 0 Å². The first kappa shape index (κ1) is 19.8. The fourth-order valence-corrected chi connectivity index (χ4v) is 0.653. The summed E-state index contributed by atoms with van der Waals surface area (Å²) >= 11 is 0. The van der Waals surface area contributed by atoms with E-state index >= 15 is 0 Å². The van der Waals surface area contributed by atoms with Gasteiger partial charge in [0.2, 0.25) is 11.5 Å². The second kappa shape index (κ2) is 8.95. The molecule has 0 radical (unpaired) electrons. The molecule has 0 N–H and O–H groups in total. The Morgan fingerprint density at radius 1 is 0.609 bits per heavy atom. The monoisotopic (exact) mass is 326 g/mol. The van der Waals surface area contributed by atoms with Crippen LogP contribution >= 0.6 is 0 Å². The largest absolute Gasteiger partial charge is 0.416 e. The summed E-state index contributed by atoms with van der Waals surface area (Å²) < 4.78 is 8.87. The van der Waals surface area contributed by atoms with Gasteiger partial charge >= 0.3 is 23.9 Å². The zero-order valence-electron chi connectivity index (χ0n) is 12.5. The summed E-state index contributed by atoms with van der Waals surface area (Å²) in [5.41, 5.74) is 0.0313. The lowest BCUT2D eigenvalue weighted by Crippen LogP contribution is -2.18. The molecule has 124 valence electrons. The van der Waals surface area contributed by atoms with Crippen molar-refractivity contribution in [1.82, 2.24) is 0 Å². The van der Waals surface area contributed by atoms with Crippen LogP contribution in [-0.2, 0) is 43.5 Å². The summed E-state index contributed by atoms with van der Waals surface area (Å²) in [6.45, 7) is 15.4. The average molecular weight is 326 g/mol. The minimum atomic E-state index is -1.35. The fourth-order valence-electron chi connectivity index (χ4n) is 0.653. The molecule has 0 aromatic heterocycles. The van der Waals surface area contributed by atoms with Crippen LogP contribution in [0.2, 0.25) is 0 Å². The van der Waals surface area contributed by atoms with Crippen molar-refractivity contribution in [1.29, 1.82) is 0 Å². The first-order valence-corrected chi connectivity index (χ1v) is 5.79. The van der Waals surface area contributed by atoms with E-state index in [2.05, 4.69) is 50.6 Å². The molecule has 0 fully saturated rings. The van der Waals surface area contributed by atoms with Gasteiger partial charge in [-0.1, -0.05) is 13.2 Å². The van der Waals surface area contributed by atoms with E-state index in [9.17, 15) is 19.2 Å². The highest BCUT2D eigenvalue weighted by molar-refractivity contribution is 5.94. The van der Waals surface area contributed by atoms with E-state index < -0.39 is 35.4 Å². The molecule has 0 rings (SSSR count). The molecule has 9 heteroatoms. The average Bonchev–Trinajstić information content (AvgIpc) is 2.46. The summed E-state index contributed by atoms with van der Waals surface area (Å²) in [7, 11) is 0.